The summed E-state index contributed by atoms with van der Waals surface area (Å²) in [7, 11) is 0. The summed E-state index contributed by atoms with van der Waals surface area (Å²) in [5.41, 5.74) is 3.33. The molecule has 2 aromatic carbocycles. The SMILES string of the molecule is C=C1[C-]=c2ccccc2=C1.Cc1[c-][nH]c2ccccc12.[Cl-].[Cl-].[Zr+4]. The molecule has 0 radical (unpaired) electrons. The molecule has 0 saturated carbocycles. The van der Waals surface area contributed by atoms with Crippen molar-refractivity contribution in [3.8, 4) is 0 Å². The molecule has 3 aromatic rings. The van der Waals surface area contributed by atoms with Crippen molar-refractivity contribution in [3.05, 3.63) is 82.9 Å². The minimum absolute atomic E-state index is 0. The second-order valence-electron chi connectivity index (χ2n) is 4.80. The van der Waals surface area contributed by atoms with Crippen LogP contribution in [0.25, 0.3) is 23.1 Å². The Morgan fingerprint density at radius 3 is 2.30 bits per heavy atom. The fourth-order valence-electron chi connectivity index (χ4n) is 2.28. The molecule has 4 rings (SSSR count). The van der Waals surface area contributed by atoms with Crippen molar-refractivity contribution in [1.82, 2.24) is 4.98 Å². The summed E-state index contributed by atoms with van der Waals surface area (Å²) in [5, 5.41) is 3.66. The van der Waals surface area contributed by atoms with Crippen molar-refractivity contribution in [1.29, 1.82) is 0 Å². The van der Waals surface area contributed by atoms with E-state index in [0.29, 0.717) is 0 Å². The van der Waals surface area contributed by atoms with Gasteiger partial charge in [-0.25, -0.2) is 0 Å². The summed E-state index contributed by atoms with van der Waals surface area (Å²) in [4.78, 5) is 3.06. The number of H-pyrrole nitrogens is 1. The molecular weight excluding hydrogens is 404 g/mol. The molecule has 23 heavy (non-hydrogen) atoms. The number of nitrogens with one attached hydrogen (secondary N) is 1. The smallest absolute Gasteiger partial charge is 1.00 e. The average molecular weight is 419 g/mol. The Kier molecular flexibility index (Phi) is 9.46. The monoisotopic (exact) mass is 417 g/mol. The van der Waals surface area contributed by atoms with E-state index in [-0.39, 0.29) is 51.0 Å². The zero-order valence-electron chi connectivity index (χ0n) is 12.7. The second kappa shape index (κ2) is 9.93. The van der Waals surface area contributed by atoms with E-state index in [1.165, 1.54) is 21.7 Å². The van der Waals surface area contributed by atoms with Crippen LogP contribution in [0.4, 0.5) is 0 Å². The number of hydrogen-bond acceptors (Lipinski definition) is 0. The van der Waals surface area contributed by atoms with Gasteiger partial charge in [0.15, 0.2) is 0 Å². The van der Waals surface area contributed by atoms with Crippen LogP contribution in [0.1, 0.15) is 5.56 Å². The van der Waals surface area contributed by atoms with E-state index in [4.69, 9.17) is 0 Å². The number of fused-ring (bicyclic) bond motifs is 2. The predicted octanol–water partition coefficient (Wildman–Crippen LogP) is -3.02. The minimum Gasteiger partial charge on any atom is -1.00 e. The molecule has 1 N–H and O–H groups in total. The number of para-hydroxylation sites is 1. The maximum Gasteiger partial charge on any atom is 4.00 e. The van der Waals surface area contributed by atoms with Crippen LogP contribution in [0.3, 0.4) is 0 Å². The predicted molar refractivity (Wildman–Crippen MR) is 84.6 cm³/mol. The van der Waals surface area contributed by atoms with Crippen LogP contribution in [0.15, 0.2) is 60.7 Å². The Morgan fingerprint density at radius 1 is 0.957 bits per heavy atom. The third-order valence-electron chi connectivity index (χ3n) is 3.30. The molecular formula is C19H15Cl2NZr. The molecule has 4 heteroatoms. The molecule has 1 aromatic heterocycles. The standard InChI is InChI=1S/C10H7.C9H8N.2ClH.Zr/c1-8-6-9-4-2-3-5-10(9)7-8;1-7-6-10-9-5-3-2-4-8(7)9;;;/h2-6H,1H2;2-5,10H,1H3;2*1H;/q2*-1;;;+4/p-2. The fraction of sp³-hybridized carbons (Fsp3) is 0.0526. The summed E-state index contributed by atoms with van der Waals surface area (Å²) >= 11 is 0. The van der Waals surface area contributed by atoms with Gasteiger partial charge in [-0.1, -0.05) is 37.3 Å². The van der Waals surface area contributed by atoms with Crippen LogP contribution < -0.4 is 35.3 Å². The van der Waals surface area contributed by atoms with Gasteiger partial charge in [-0.15, -0.1) is 58.1 Å². The van der Waals surface area contributed by atoms with Gasteiger partial charge in [0.05, 0.1) is 0 Å². The number of halogens is 2. The Hall–Kier alpha value is -1.08. The van der Waals surface area contributed by atoms with Crippen LogP contribution in [-0.4, -0.2) is 4.98 Å². The molecule has 0 unspecified atom stereocenters. The molecule has 0 fully saturated rings. The number of aromatic nitrogens is 1. The Labute approximate surface area is 168 Å². The van der Waals surface area contributed by atoms with Crippen molar-refractivity contribution in [3.63, 3.8) is 0 Å². The van der Waals surface area contributed by atoms with Gasteiger partial charge in [0.1, 0.15) is 0 Å². The topological polar surface area (TPSA) is 15.8 Å². The van der Waals surface area contributed by atoms with Crippen molar-refractivity contribution in [2.45, 2.75) is 6.92 Å². The van der Waals surface area contributed by atoms with Gasteiger partial charge in [-0.05, 0) is 0 Å². The first-order valence-corrected chi connectivity index (χ1v) is 6.59. The van der Waals surface area contributed by atoms with E-state index >= 15 is 0 Å². The number of aryl methyl sites for hydroxylation is 1. The van der Waals surface area contributed by atoms with E-state index in [1.807, 2.05) is 36.4 Å². The molecule has 0 bridgehead atoms. The van der Waals surface area contributed by atoms with Gasteiger partial charge in [0.2, 0.25) is 0 Å². The van der Waals surface area contributed by atoms with Crippen LogP contribution in [-0.2, 0) is 26.2 Å². The summed E-state index contributed by atoms with van der Waals surface area (Å²) in [6.07, 6.45) is 8.24. The minimum atomic E-state index is 0. The first kappa shape index (κ1) is 21.9. The van der Waals surface area contributed by atoms with Gasteiger partial charge in [-0.2, -0.15) is 17.5 Å². The third-order valence-corrected chi connectivity index (χ3v) is 3.30. The summed E-state index contributed by atoms with van der Waals surface area (Å²) in [6, 6.07) is 16.4. The quantitative estimate of drug-likeness (QED) is 0.374. The number of benzene rings is 2. The maximum absolute atomic E-state index is 3.80. The molecule has 1 heterocycles. The molecule has 0 aliphatic heterocycles. The van der Waals surface area contributed by atoms with Crippen molar-refractivity contribution >= 4 is 23.1 Å². The Morgan fingerprint density at radius 2 is 1.61 bits per heavy atom. The second-order valence-corrected chi connectivity index (χ2v) is 4.80. The Bertz CT molecular complexity index is 860. The van der Waals surface area contributed by atoms with Gasteiger partial charge < -0.3 is 29.8 Å². The molecule has 1 nitrogen and oxygen atoms in total. The number of rotatable bonds is 0. The van der Waals surface area contributed by atoms with E-state index < -0.39 is 0 Å². The number of aromatic amines is 1. The zero-order valence-corrected chi connectivity index (χ0v) is 16.6. The van der Waals surface area contributed by atoms with E-state index in [2.05, 4.69) is 49.0 Å². The van der Waals surface area contributed by atoms with Crippen LogP contribution in [0.2, 0.25) is 0 Å². The normalized spacial score (nSPS) is 10.6. The molecule has 0 amide bonds. The average Bonchev–Trinajstić information content (AvgIpc) is 3.02. The molecule has 1 aliphatic rings. The molecule has 0 atom stereocenters. The van der Waals surface area contributed by atoms with Crippen molar-refractivity contribution in [2.75, 3.05) is 0 Å². The maximum atomic E-state index is 3.80. The van der Waals surface area contributed by atoms with Crippen molar-refractivity contribution in [2.24, 2.45) is 0 Å². The fourth-order valence-corrected chi connectivity index (χ4v) is 2.28. The van der Waals surface area contributed by atoms with E-state index in [1.54, 1.807) is 0 Å². The van der Waals surface area contributed by atoms with Gasteiger partial charge in [0, 0.05) is 0 Å². The van der Waals surface area contributed by atoms with Crippen molar-refractivity contribution < 1.29 is 51.0 Å². The van der Waals surface area contributed by atoms with Crippen LogP contribution in [0.5, 0.6) is 0 Å². The molecule has 0 spiro atoms. The van der Waals surface area contributed by atoms with Gasteiger partial charge in [0.25, 0.3) is 0 Å². The van der Waals surface area contributed by atoms with Crippen LogP contribution >= 0.6 is 0 Å². The number of hydrogen-bond donors (Lipinski definition) is 1. The summed E-state index contributed by atoms with van der Waals surface area (Å²) in [6.45, 7) is 5.86. The summed E-state index contributed by atoms with van der Waals surface area (Å²) in [5.74, 6) is 0. The van der Waals surface area contributed by atoms with E-state index in [0.717, 1.165) is 10.8 Å². The largest absolute Gasteiger partial charge is 4.00 e. The molecule has 1 aliphatic carbocycles. The van der Waals surface area contributed by atoms with Gasteiger partial charge in [-0.3, -0.25) is 0 Å². The third kappa shape index (κ3) is 5.21. The first-order valence-electron chi connectivity index (χ1n) is 6.59. The molecule has 114 valence electrons. The summed E-state index contributed by atoms with van der Waals surface area (Å²) < 4.78 is 0. The Balaban J connectivity index is 0.000000372. The number of allylic oxidation sites excluding steroid dienone is 1. The molecule has 0 saturated heterocycles. The van der Waals surface area contributed by atoms with Gasteiger partial charge >= 0.3 is 26.2 Å². The van der Waals surface area contributed by atoms with Crippen LogP contribution in [0, 0.1) is 13.1 Å². The first-order chi connectivity index (χ1) is 9.74. The van der Waals surface area contributed by atoms with E-state index in [9.17, 15) is 0 Å². The zero-order chi connectivity index (χ0) is 13.9.